The molecule has 0 saturated carbocycles. The number of rotatable bonds is 6. The van der Waals surface area contributed by atoms with E-state index in [-0.39, 0.29) is 11.0 Å². The molecule has 1 aromatic heterocycles. The second-order valence-corrected chi connectivity index (χ2v) is 6.72. The van der Waals surface area contributed by atoms with Gasteiger partial charge in [0.05, 0.1) is 23.0 Å². The summed E-state index contributed by atoms with van der Waals surface area (Å²) in [7, 11) is 0. The molecule has 1 heterocycles. The number of halogens is 2. The molecule has 0 aliphatic rings. The second kappa shape index (κ2) is 9.69. The van der Waals surface area contributed by atoms with Crippen LogP contribution in [0.5, 0.6) is 0 Å². The standard InChI is InChI=1S/C22H16ClFN4O3/c1-14-19(22(23)28(27-14)18-7-5-16(24)6-8-18)9-10-21(30)31-13-20(29)26-17-4-2-3-15(11-17)12-25/h2-11H,13H2,1H3,(H,26,29). The van der Waals surface area contributed by atoms with Gasteiger partial charge in [0, 0.05) is 17.3 Å². The molecule has 1 amide bonds. The van der Waals surface area contributed by atoms with Crippen molar-refractivity contribution in [3.05, 3.63) is 82.4 Å². The minimum Gasteiger partial charge on any atom is -0.452 e. The van der Waals surface area contributed by atoms with E-state index in [9.17, 15) is 14.0 Å². The van der Waals surface area contributed by atoms with Gasteiger partial charge in [-0.3, -0.25) is 4.79 Å². The third-order valence-corrected chi connectivity index (χ3v) is 4.49. The number of nitrogens with one attached hydrogen (secondary N) is 1. The van der Waals surface area contributed by atoms with Crippen LogP contribution in [0.15, 0.2) is 54.6 Å². The van der Waals surface area contributed by atoms with Crippen molar-refractivity contribution in [1.29, 1.82) is 5.26 Å². The summed E-state index contributed by atoms with van der Waals surface area (Å²) in [6.07, 6.45) is 2.57. The Labute approximate surface area is 182 Å². The Balaban J connectivity index is 1.60. The third-order valence-electron chi connectivity index (χ3n) is 4.13. The predicted octanol–water partition coefficient (Wildman–Crippen LogP) is 4.04. The fourth-order valence-corrected chi connectivity index (χ4v) is 2.99. The average Bonchev–Trinajstić information content (AvgIpc) is 3.04. The van der Waals surface area contributed by atoms with E-state index in [1.54, 1.807) is 25.1 Å². The maximum atomic E-state index is 13.1. The summed E-state index contributed by atoms with van der Waals surface area (Å²) < 4.78 is 19.5. The minimum absolute atomic E-state index is 0.239. The average molecular weight is 439 g/mol. The quantitative estimate of drug-likeness (QED) is 0.462. The summed E-state index contributed by atoms with van der Waals surface area (Å²) >= 11 is 6.35. The molecule has 0 unspecified atom stereocenters. The number of nitriles is 1. The van der Waals surface area contributed by atoms with Crippen LogP contribution in [0.1, 0.15) is 16.8 Å². The van der Waals surface area contributed by atoms with E-state index < -0.39 is 18.5 Å². The summed E-state index contributed by atoms with van der Waals surface area (Å²) in [6, 6.07) is 13.9. The Kier molecular flexibility index (Phi) is 6.80. The fourth-order valence-electron chi connectivity index (χ4n) is 2.65. The van der Waals surface area contributed by atoms with E-state index in [0.717, 1.165) is 6.08 Å². The van der Waals surface area contributed by atoms with Crippen LogP contribution in [0.25, 0.3) is 11.8 Å². The number of nitrogens with zero attached hydrogens (tertiary/aromatic N) is 3. The predicted molar refractivity (Wildman–Crippen MR) is 113 cm³/mol. The lowest BCUT2D eigenvalue weighted by Gasteiger charge is -2.05. The van der Waals surface area contributed by atoms with Crippen LogP contribution in [0.3, 0.4) is 0 Å². The first-order chi connectivity index (χ1) is 14.9. The Bertz CT molecular complexity index is 1200. The van der Waals surface area contributed by atoms with Crippen LogP contribution >= 0.6 is 11.6 Å². The molecule has 0 saturated heterocycles. The maximum absolute atomic E-state index is 13.1. The molecule has 2 aromatic carbocycles. The SMILES string of the molecule is Cc1nn(-c2ccc(F)cc2)c(Cl)c1C=CC(=O)OCC(=O)Nc1cccc(C#N)c1. The van der Waals surface area contributed by atoms with Crippen molar-refractivity contribution >= 4 is 35.2 Å². The number of hydrogen-bond acceptors (Lipinski definition) is 5. The second-order valence-electron chi connectivity index (χ2n) is 6.36. The minimum atomic E-state index is -0.745. The topological polar surface area (TPSA) is 97.0 Å². The van der Waals surface area contributed by atoms with Gasteiger partial charge in [-0.1, -0.05) is 17.7 Å². The van der Waals surface area contributed by atoms with Crippen LogP contribution in [-0.4, -0.2) is 28.3 Å². The molecule has 0 aliphatic carbocycles. The highest BCUT2D eigenvalue weighted by Crippen LogP contribution is 2.24. The first-order valence-electron chi connectivity index (χ1n) is 9.03. The summed E-state index contributed by atoms with van der Waals surface area (Å²) in [5, 5.41) is 15.9. The van der Waals surface area contributed by atoms with Gasteiger partial charge < -0.3 is 10.1 Å². The van der Waals surface area contributed by atoms with E-state index in [4.69, 9.17) is 21.6 Å². The molecule has 7 nitrogen and oxygen atoms in total. The monoisotopic (exact) mass is 438 g/mol. The van der Waals surface area contributed by atoms with E-state index in [2.05, 4.69) is 10.4 Å². The van der Waals surface area contributed by atoms with Gasteiger partial charge in [0.25, 0.3) is 5.91 Å². The van der Waals surface area contributed by atoms with Crippen LogP contribution in [-0.2, 0) is 14.3 Å². The first-order valence-corrected chi connectivity index (χ1v) is 9.41. The highest BCUT2D eigenvalue weighted by atomic mass is 35.5. The zero-order valence-electron chi connectivity index (χ0n) is 16.3. The number of benzene rings is 2. The van der Waals surface area contributed by atoms with Gasteiger partial charge in [-0.05, 0) is 55.5 Å². The van der Waals surface area contributed by atoms with Gasteiger partial charge in [-0.25, -0.2) is 13.9 Å². The molecule has 0 bridgehead atoms. The van der Waals surface area contributed by atoms with Crippen LogP contribution in [0.4, 0.5) is 10.1 Å². The van der Waals surface area contributed by atoms with Crippen LogP contribution in [0, 0.1) is 24.1 Å². The van der Waals surface area contributed by atoms with Crippen molar-refractivity contribution in [3.63, 3.8) is 0 Å². The largest absolute Gasteiger partial charge is 0.452 e. The lowest BCUT2D eigenvalue weighted by Crippen LogP contribution is -2.20. The van der Waals surface area contributed by atoms with Crippen molar-refractivity contribution in [2.24, 2.45) is 0 Å². The molecule has 0 radical (unpaired) electrons. The lowest BCUT2D eigenvalue weighted by molar-refractivity contribution is -0.142. The number of ether oxygens (including phenoxy) is 1. The highest BCUT2D eigenvalue weighted by molar-refractivity contribution is 6.31. The number of amides is 1. The molecule has 156 valence electrons. The fraction of sp³-hybridized carbons (Fsp3) is 0.0909. The van der Waals surface area contributed by atoms with Crippen LogP contribution in [0.2, 0.25) is 5.15 Å². The molecular formula is C22H16ClFN4O3. The molecule has 0 aliphatic heterocycles. The van der Waals surface area contributed by atoms with Crippen LogP contribution < -0.4 is 5.32 Å². The molecule has 3 rings (SSSR count). The van der Waals surface area contributed by atoms with Gasteiger partial charge in [0.15, 0.2) is 6.61 Å². The van der Waals surface area contributed by atoms with Crippen molar-refractivity contribution in [3.8, 4) is 11.8 Å². The number of anilines is 1. The number of carbonyl (C=O) groups is 2. The Morgan fingerprint density at radius 1 is 1.29 bits per heavy atom. The first kappa shape index (κ1) is 21.7. The van der Waals surface area contributed by atoms with E-state index >= 15 is 0 Å². The number of esters is 1. The third kappa shape index (κ3) is 5.56. The Hall–Kier alpha value is -3.96. The molecule has 0 fully saturated rings. The van der Waals surface area contributed by atoms with Crippen molar-refractivity contribution < 1.29 is 18.7 Å². The summed E-state index contributed by atoms with van der Waals surface area (Å²) in [4.78, 5) is 23.9. The molecule has 1 N–H and O–H groups in total. The number of aromatic nitrogens is 2. The molecule has 0 spiro atoms. The number of hydrogen-bond donors (Lipinski definition) is 1. The molecule has 0 atom stereocenters. The van der Waals surface area contributed by atoms with Crippen molar-refractivity contribution in [1.82, 2.24) is 9.78 Å². The van der Waals surface area contributed by atoms with Gasteiger partial charge in [0.2, 0.25) is 0 Å². The van der Waals surface area contributed by atoms with Gasteiger partial charge in [-0.2, -0.15) is 10.4 Å². The number of carbonyl (C=O) groups excluding carboxylic acids is 2. The lowest BCUT2D eigenvalue weighted by atomic mass is 10.2. The highest BCUT2D eigenvalue weighted by Gasteiger charge is 2.13. The zero-order valence-corrected chi connectivity index (χ0v) is 17.1. The summed E-state index contributed by atoms with van der Waals surface area (Å²) in [5.74, 6) is -1.67. The van der Waals surface area contributed by atoms with Gasteiger partial charge >= 0.3 is 5.97 Å². The smallest absolute Gasteiger partial charge is 0.331 e. The van der Waals surface area contributed by atoms with E-state index in [1.165, 1.54) is 41.1 Å². The van der Waals surface area contributed by atoms with E-state index in [0.29, 0.717) is 28.2 Å². The van der Waals surface area contributed by atoms with Crippen molar-refractivity contribution in [2.45, 2.75) is 6.92 Å². The molecule has 9 heteroatoms. The van der Waals surface area contributed by atoms with Crippen molar-refractivity contribution in [2.75, 3.05) is 11.9 Å². The molecular weight excluding hydrogens is 423 g/mol. The van der Waals surface area contributed by atoms with E-state index in [1.807, 2.05) is 6.07 Å². The Morgan fingerprint density at radius 2 is 2.03 bits per heavy atom. The summed E-state index contributed by atoms with van der Waals surface area (Å²) in [6.45, 7) is 1.21. The summed E-state index contributed by atoms with van der Waals surface area (Å²) in [5.41, 5.74) is 2.42. The molecule has 3 aromatic rings. The normalized spacial score (nSPS) is 10.6. The van der Waals surface area contributed by atoms with Gasteiger partial charge in [-0.15, -0.1) is 0 Å². The zero-order chi connectivity index (χ0) is 22.4. The van der Waals surface area contributed by atoms with Gasteiger partial charge in [0.1, 0.15) is 11.0 Å². The molecule has 31 heavy (non-hydrogen) atoms. The number of aryl methyl sites for hydroxylation is 1. The Morgan fingerprint density at radius 3 is 2.74 bits per heavy atom. The maximum Gasteiger partial charge on any atom is 0.331 e.